The van der Waals surface area contributed by atoms with E-state index in [1.807, 2.05) is 6.92 Å². The number of amides is 1. The highest BCUT2D eigenvalue weighted by atomic mass is 35.5. The van der Waals surface area contributed by atoms with Gasteiger partial charge in [-0.1, -0.05) is 35.9 Å². The maximum atomic E-state index is 12.4. The third-order valence-corrected chi connectivity index (χ3v) is 5.23. The molecule has 0 aromatic heterocycles. The largest absolute Gasteiger partial charge is 0.496 e. The number of rotatable bonds is 7. The van der Waals surface area contributed by atoms with Crippen LogP contribution < -0.4 is 10.1 Å². The summed E-state index contributed by atoms with van der Waals surface area (Å²) in [6, 6.07) is 12.2. The van der Waals surface area contributed by atoms with Crippen LogP contribution in [0.25, 0.3) is 0 Å². The van der Waals surface area contributed by atoms with E-state index in [1.165, 1.54) is 7.11 Å². The first-order chi connectivity index (χ1) is 12.2. The van der Waals surface area contributed by atoms with Crippen LogP contribution in [0.3, 0.4) is 0 Å². The van der Waals surface area contributed by atoms with Crippen LogP contribution in [0.1, 0.15) is 11.1 Å². The first kappa shape index (κ1) is 20.2. The molecule has 0 aliphatic rings. The fourth-order valence-electron chi connectivity index (χ4n) is 2.39. The van der Waals surface area contributed by atoms with Gasteiger partial charge in [0.2, 0.25) is 15.9 Å². The average Bonchev–Trinajstić information content (AvgIpc) is 2.57. The van der Waals surface area contributed by atoms with Crippen LogP contribution in [-0.2, 0) is 21.4 Å². The fraction of sp³-hybridized carbons (Fsp3) is 0.278. The van der Waals surface area contributed by atoms with Gasteiger partial charge in [-0.3, -0.25) is 4.79 Å². The highest BCUT2D eigenvalue weighted by Gasteiger charge is 2.22. The molecule has 0 aliphatic carbocycles. The maximum Gasteiger partial charge on any atom is 0.239 e. The number of para-hydroxylation sites is 1. The number of carbonyl (C=O) groups is 1. The van der Waals surface area contributed by atoms with Crippen LogP contribution >= 0.6 is 11.6 Å². The van der Waals surface area contributed by atoms with Gasteiger partial charge in [0.1, 0.15) is 5.75 Å². The number of sulfonamides is 1. The molecule has 0 fully saturated rings. The van der Waals surface area contributed by atoms with Gasteiger partial charge >= 0.3 is 0 Å². The molecule has 0 bridgehead atoms. The molecule has 0 saturated heterocycles. The van der Waals surface area contributed by atoms with Gasteiger partial charge in [-0.05, 0) is 30.7 Å². The molecule has 2 aromatic carbocycles. The summed E-state index contributed by atoms with van der Waals surface area (Å²) >= 11 is 5.95. The lowest BCUT2D eigenvalue weighted by atomic mass is 10.2. The summed E-state index contributed by atoms with van der Waals surface area (Å²) in [7, 11) is -2.09. The van der Waals surface area contributed by atoms with Crippen molar-refractivity contribution in [1.29, 1.82) is 0 Å². The van der Waals surface area contributed by atoms with Crippen LogP contribution in [-0.4, -0.2) is 38.5 Å². The molecule has 0 atom stereocenters. The molecule has 2 rings (SSSR count). The van der Waals surface area contributed by atoms with Crippen LogP contribution in [0.4, 0.5) is 5.69 Å². The minimum Gasteiger partial charge on any atom is -0.496 e. The van der Waals surface area contributed by atoms with Crippen molar-refractivity contribution in [3.8, 4) is 5.75 Å². The highest BCUT2D eigenvalue weighted by Crippen LogP contribution is 2.22. The first-order valence-corrected chi connectivity index (χ1v) is 10.1. The molecule has 1 N–H and O–H groups in total. The number of benzene rings is 2. The van der Waals surface area contributed by atoms with Crippen molar-refractivity contribution in [2.45, 2.75) is 13.5 Å². The van der Waals surface area contributed by atoms with Crippen LogP contribution in [0.2, 0.25) is 5.02 Å². The number of aryl methyl sites for hydroxylation is 1. The predicted molar refractivity (Wildman–Crippen MR) is 103 cm³/mol. The molecular formula is C18H21ClN2O4S. The van der Waals surface area contributed by atoms with Crippen molar-refractivity contribution in [1.82, 2.24) is 4.31 Å². The molecule has 6 nitrogen and oxygen atoms in total. The summed E-state index contributed by atoms with van der Waals surface area (Å²) in [5.41, 5.74) is 2.05. The van der Waals surface area contributed by atoms with E-state index in [9.17, 15) is 13.2 Å². The molecule has 0 spiro atoms. The maximum absolute atomic E-state index is 12.4. The number of halogens is 1. The summed E-state index contributed by atoms with van der Waals surface area (Å²) in [5, 5.41) is 3.19. The Kier molecular flexibility index (Phi) is 6.63. The van der Waals surface area contributed by atoms with E-state index in [-0.39, 0.29) is 13.1 Å². The zero-order valence-corrected chi connectivity index (χ0v) is 16.4. The Hall–Kier alpha value is -2.09. The van der Waals surface area contributed by atoms with E-state index in [0.717, 1.165) is 16.1 Å². The summed E-state index contributed by atoms with van der Waals surface area (Å²) < 4.78 is 30.6. The van der Waals surface area contributed by atoms with Crippen molar-refractivity contribution in [2.24, 2.45) is 0 Å². The van der Waals surface area contributed by atoms with E-state index < -0.39 is 15.9 Å². The topological polar surface area (TPSA) is 75.7 Å². The zero-order valence-electron chi connectivity index (χ0n) is 14.8. The van der Waals surface area contributed by atoms with Gasteiger partial charge < -0.3 is 10.1 Å². The second-order valence-corrected chi connectivity index (χ2v) is 8.27. The second kappa shape index (κ2) is 8.53. The van der Waals surface area contributed by atoms with Gasteiger partial charge in [0.05, 0.1) is 19.9 Å². The quantitative estimate of drug-likeness (QED) is 0.780. The zero-order chi connectivity index (χ0) is 19.3. The predicted octanol–water partition coefficient (Wildman–Crippen LogP) is 3.06. The molecule has 0 unspecified atom stereocenters. The molecule has 0 saturated carbocycles. The second-order valence-electron chi connectivity index (χ2n) is 5.85. The molecule has 140 valence electrons. The lowest BCUT2D eigenvalue weighted by Crippen LogP contribution is -2.37. The third-order valence-electron chi connectivity index (χ3n) is 3.80. The minimum atomic E-state index is -3.60. The van der Waals surface area contributed by atoms with Crippen LogP contribution in [0, 0.1) is 6.92 Å². The van der Waals surface area contributed by atoms with Gasteiger partial charge in [0.25, 0.3) is 0 Å². The summed E-state index contributed by atoms with van der Waals surface area (Å²) in [4.78, 5) is 12.4. The normalized spacial score (nSPS) is 11.4. The number of nitrogens with zero attached hydrogens (tertiary/aromatic N) is 1. The number of anilines is 1. The van der Waals surface area contributed by atoms with Crippen LogP contribution in [0.5, 0.6) is 5.75 Å². The summed E-state index contributed by atoms with van der Waals surface area (Å²) in [6.07, 6.45) is 1.07. The van der Waals surface area contributed by atoms with Crippen molar-refractivity contribution in [2.75, 3.05) is 25.2 Å². The number of ether oxygens (including phenoxy) is 1. The van der Waals surface area contributed by atoms with Gasteiger partial charge in [0, 0.05) is 22.8 Å². The summed E-state index contributed by atoms with van der Waals surface area (Å²) in [5.74, 6) is 0.114. The molecular weight excluding hydrogens is 376 g/mol. The SMILES string of the molecule is COc1ccccc1CN(CC(=O)Nc1cc(Cl)ccc1C)S(C)(=O)=O. The molecule has 8 heteroatoms. The average molecular weight is 397 g/mol. The number of hydrogen-bond acceptors (Lipinski definition) is 4. The van der Waals surface area contributed by atoms with E-state index in [2.05, 4.69) is 5.32 Å². The van der Waals surface area contributed by atoms with E-state index in [0.29, 0.717) is 22.0 Å². The lowest BCUT2D eigenvalue weighted by Gasteiger charge is -2.21. The first-order valence-electron chi connectivity index (χ1n) is 7.83. The Morgan fingerprint density at radius 3 is 2.58 bits per heavy atom. The third kappa shape index (κ3) is 5.45. The Labute approximate surface area is 158 Å². The monoisotopic (exact) mass is 396 g/mol. The Balaban J connectivity index is 2.18. The van der Waals surface area contributed by atoms with E-state index in [4.69, 9.17) is 16.3 Å². The van der Waals surface area contributed by atoms with E-state index >= 15 is 0 Å². The molecule has 1 amide bonds. The Morgan fingerprint density at radius 2 is 1.92 bits per heavy atom. The Morgan fingerprint density at radius 1 is 1.23 bits per heavy atom. The van der Waals surface area contributed by atoms with Gasteiger partial charge in [-0.15, -0.1) is 0 Å². The van der Waals surface area contributed by atoms with Gasteiger partial charge in [0.15, 0.2) is 0 Å². The fourth-order valence-corrected chi connectivity index (χ4v) is 3.29. The van der Waals surface area contributed by atoms with Crippen molar-refractivity contribution in [3.05, 3.63) is 58.6 Å². The van der Waals surface area contributed by atoms with Crippen molar-refractivity contribution >= 4 is 33.2 Å². The smallest absolute Gasteiger partial charge is 0.239 e. The minimum absolute atomic E-state index is 0.0325. The van der Waals surface area contributed by atoms with Gasteiger partial charge in [-0.25, -0.2) is 8.42 Å². The lowest BCUT2D eigenvalue weighted by molar-refractivity contribution is -0.116. The standard InChI is InChI=1S/C18H21ClN2O4S/c1-13-8-9-15(19)10-16(13)20-18(22)12-21(26(3,23)24)11-14-6-4-5-7-17(14)25-2/h4-10H,11-12H2,1-3H3,(H,20,22). The van der Waals surface area contributed by atoms with Crippen molar-refractivity contribution < 1.29 is 17.9 Å². The molecule has 0 radical (unpaired) electrons. The number of methoxy groups -OCH3 is 1. The highest BCUT2D eigenvalue weighted by molar-refractivity contribution is 7.88. The molecule has 2 aromatic rings. The van der Waals surface area contributed by atoms with Crippen LogP contribution in [0.15, 0.2) is 42.5 Å². The number of carbonyl (C=O) groups excluding carboxylic acids is 1. The molecule has 0 aliphatic heterocycles. The number of hydrogen-bond donors (Lipinski definition) is 1. The van der Waals surface area contributed by atoms with Gasteiger partial charge in [-0.2, -0.15) is 4.31 Å². The van der Waals surface area contributed by atoms with Crippen molar-refractivity contribution in [3.63, 3.8) is 0 Å². The number of nitrogens with one attached hydrogen (secondary N) is 1. The summed E-state index contributed by atoms with van der Waals surface area (Å²) in [6.45, 7) is 1.54. The molecule has 0 heterocycles. The van der Waals surface area contributed by atoms with E-state index in [1.54, 1.807) is 42.5 Å². The molecule has 26 heavy (non-hydrogen) atoms. The Bertz CT molecular complexity index is 900.